The summed E-state index contributed by atoms with van der Waals surface area (Å²) < 4.78 is 0. The lowest BCUT2D eigenvalue weighted by molar-refractivity contribution is 0.133. The quantitative estimate of drug-likeness (QED) is 0.899. The van der Waals surface area contributed by atoms with Crippen molar-refractivity contribution in [2.24, 2.45) is 0 Å². The number of carbonyl (C=O) groups excluding carboxylic acids is 1. The molecular formula is C20H24N4O. The number of rotatable bonds is 3. The van der Waals surface area contributed by atoms with Crippen molar-refractivity contribution in [3.8, 4) is 0 Å². The van der Waals surface area contributed by atoms with E-state index in [2.05, 4.69) is 32.7 Å². The molecule has 0 unspecified atom stereocenters. The van der Waals surface area contributed by atoms with Crippen molar-refractivity contribution in [3.63, 3.8) is 0 Å². The number of nitrogens with one attached hydrogen (secondary N) is 2. The molecule has 0 saturated heterocycles. The zero-order valence-corrected chi connectivity index (χ0v) is 14.4. The monoisotopic (exact) mass is 336 g/mol. The SMILES string of the molecule is O=C(Nc1cccnc1)Nc1ccc2c(c1)CCN(C1CCC1)CC2. The molecule has 0 atom stereocenters. The maximum absolute atomic E-state index is 12.1. The van der Waals surface area contributed by atoms with Crippen LogP contribution >= 0.6 is 0 Å². The molecule has 1 aliphatic carbocycles. The molecule has 2 aromatic rings. The topological polar surface area (TPSA) is 57.3 Å². The zero-order chi connectivity index (χ0) is 17.1. The van der Waals surface area contributed by atoms with Crippen LogP contribution in [0.3, 0.4) is 0 Å². The van der Waals surface area contributed by atoms with Gasteiger partial charge in [-0.15, -0.1) is 0 Å². The molecule has 1 saturated carbocycles. The number of nitrogens with zero attached hydrogens (tertiary/aromatic N) is 2. The number of urea groups is 1. The fraction of sp³-hybridized carbons (Fsp3) is 0.400. The van der Waals surface area contributed by atoms with Gasteiger partial charge in [0.1, 0.15) is 0 Å². The molecular weight excluding hydrogens is 312 g/mol. The molecule has 130 valence electrons. The van der Waals surface area contributed by atoms with Crippen LogP contribution in [0.4, 0.5) is 16.2 Å². The fourth-order valence-corrected chi connectivity index (χ4v) is 3.67. The molecule has 5 nitrogen and oxygen atoms in total. The highest BCUT2D eigenvalue weighted by Crippen LogP contribution is 2.28. The third-order valence-electron chi connectivity index (χ3n) is 5.31. The number of hydrogen-bond acceptors (Lipinski definition) is 3. The summed E-state index contributed by atoms with van der Waals surface area (Å²) >= 11 is 0. The van der Waals surface area contributed by atoms with Gasteiger partial charge in [0.15, 0.2) is 0 Å². The highest BCUT2D eigenvalue weighted by Gasteiger charge is 2.26. The summed E-state index contributed by atoms with van der Waals surface area (Å²) in [6, 6.07) is 10.5. The molecule has 0 spiro atoms. The lowest BCUT2D eigenvalue weighted by atomic mass is 9.91. The number of anilines is 2. The lowest BCUT2D eigenvalue weighted by Crippen LogP contribution is -2.41. The first-order chi connectivity index (χ1) is 12.3. The van der Waals surface area contributed by atoms with Crippen molar-refractivity contribution in [1.82, 2.24) is 9.88 Å². The standard InChI is InChI=1S/C20H24N4O/c25-20(23-18-3-2-10-21-14-18)22-17-7-6-15-8-11-24(19-4-1-5-19)12-9-16(15)13-17/h2-3,6-7,10,13-14,19H,1,4-5,8-9,11-12H2,(H2,22,23,25). The van der Waals surface area contributed by atoms with Crippen LogP contribution < -0.4 is 10.6 Å². The van der Waals surface area contributed by atoms with E-state index in [0.29, 0.717) is 5.69 Å². The zero-order valence-electron chi connectivity index (χ0n) is 14.4. The Morgan fingerprint density at radius 2 is 1.84 bits per heavy atom. The van der Waals surface area contributed by atoms with Crippen LogP contribution in [0.5, 0.6) is 0 Å². The van der Waals surface area contributed by atoms with Gasteiger partial charge in [0.25, 0.3) is 0 Å². The molecule has 1 fully saturated rings. The van der Waals surface area contributed by atoms with Crippen molar-refractivity contribution >= 4 is 17.4 Å². The maximum Gasteiger partial charge on any atom is 0.323 e. The number of aromatic nitrogens is 1. The van der Waals surface area contributed by atoms with Crippen molar-refractivity contribution in [1.29, 1.82) is 0 Å². The van der Waals surface area contributed by atoms with Crippen molar-refractivity contribution in [3.05, 3.63) is 53.9 Å². The Labute approximate surface area is 148 Å². The second-order valence-electron chi connectivity index (χ2n) is 6.93. The third-order valence-corrected chi connectivity index (χ3v) is 5.31. The first-order valence-corrected chi connectivity index (χ1v) is 9.12. The number of fused-ring (bicyclic) bond motifs is 1. The van der Waals surface area contributed by atoms with E-state index in [0.717, 1.165) is 37.7 Å². The minimum absolute atomic E-state index is 0.238. The Balaban J connectivity index is 1.39. The minimum Gasteiger partial charge on any atom is -0.308 e. The Bertz CT molecular complexity index is 743. The van der Waals surface area contributed by atoms with Gasteiger partial charge in [0.05, 0.1) is 11.9 Å². The van der Waals surface area contributed by atoms with E-state index in [9.17, 15) is 4.79 Å². The van der Waals surface area contributed by atoms with E-state index >= 15 is 0 Å². The molecule has 0 radical (unpaired) electrons. The predicted molar refractivity (Wildman–Crippen MR) is 99.9 cm³/mol. The van der Waals surface area contributed by atoms with Crippen molar-refractivity contribution in [2.75, 3.05) is 23.7 Å². The van der Waals surface area contributed by atoms with E-state index in [1.807, 2.05) is 12.1 Å². The normalized spacial score (nSPS) is 17.9. The second-order valence-corrected chi connectivity index (χ2v) is 6.93. The van der Waals surface area contributed by atoms with E-state index < -0.39 is 0 Å². The Morgan fingerprint density at radius 1 is 1.04 bits per heavy atom. The van der Waals surface area contributed by atoms with Crippen LogP contribution in [-0.4, -0.2) is 35.0 Å². The maximum atomic E-state index is 12.1. The van der Waals surface area contributed by atoms with E-state index in [4.69, 9.17) is 0 Å². The third kappa shape index (κ3) is 3.82. The molecule has 0 bridgehead atoms. The van der Waals surface area contributed by atoms with E-state index in [1.54, 1.807) is 18.5 Å². The molecule has 4 rings (SSSR count). The van der Waals surface area contributed by atoms with Gasteiger partial charge in [-0.25, -0.2) is 4.79 Å². The van der Waals surface area contributed by atoms with Gasteiger partial charge in [0, 0.05) is 31.0 Å². The molecule has 2 heterocycles. The first-order valence-electron chi connectivity index (χ1n) is 9.12. The molecule has 5 heteroatoms. The predicted octanol–water partition coefficient (Wildman–Crippen LogP) is 3.68. The molecule has 2 amide bonds. The van der Waals surface area contributed by atoms with E-state index in [1.165, 1.54) is 30.4 Å². The summed E-state index contributed by atoms with van der Waals surface area (Å²) in [6.07, 6.45) is 9.58. The summed E-state index contributed by atoms with van der Waals surface area (Å²) in [5.74, 6) is 0. The Hall–Kier alpha value is -2.40. The van der Waals surface area contributed by atoms with Crippen LogP contribution in [-0.2, 0) is 12.8 Å². The Kier molecular flexibility index (Phi) is 4.65. The minimum atomic E-state index is -0.238. The summed E-state index contributed by atoms with van der Waals surface area (Å²) in [6.45, 7) is 2.29. The average molecular weight is 336 g/mol. The van der Waals surface area contributed by atoms with Crippen LogP contribution in [0.25, 0.3) is 0 Å². The van der Waals surface area contributed by atoms with E-state index in [-0.39, 0.29) is 6.03 Å². The van der Waals surface area contributed by atoms with Gasteiger partial charge in [0.2, 0.25) is 0 Å². The van der Waals surface area contributed by atoms with Gasteiger partial charge < -0.3 is 10.6 Å². The van der Waals surface area contributed by atoms with Crippen LogP contribution in [0.15, 0.2) is 42.7 Å². The molecule has 1 aromatic carbocycles. The molecule has 1 aliphatic heterocycles. The lowest BCUT2D eigenvalue weighted by Gasteiger charge is -2.36. The van der Waals surface area contributed by atoms with Gasteiger partial charge in [-0.2, -0.15) is 0 Å². The summed E-state index contributed by atoms with van der Waals surface area (Å²) in [5, 5.41) is 5.73. The first kappa shape index (κ1) is 16.1. The molecule has 1 aromatic heterocycles. The molecule has 2 N–H and O–H groups in total. The highest BCUT2D eigenvalue weighted by atomic mass is 16.2. The summed E-state index contributed by atoms with van der Waals surface area (Å²) in [7, 11) is 0. The summed E-state index contributed by atoms with van der Waals surface area (Å²) in [5.41, 5.74) is 4.31. The molecule has 25 heavy (non-hydrogen) atoms. The number of benzene rings is 1. The number of carbonyl (C=O) groups is 1. The average Bonchev–Trinajstić information content (AvgIpc) is 2.77. The summed E-state index contributed by atoms with van der Waals surface area (Å²) in [4.78, 5) is 18.8. The van der Waals surface area contributed by atoms with Gasteiger partial charge in [-0.3, -0.25) is 9.88 Å². The van der Waals surface area contributed by atoms with Gasteiger partial charge in [-0.1, -0.05) is 12.5 Å². The Morgan fingerprint density at radius 3 is 2.56 bits per heavy atom. The van der Waals surface area contributed by atoms with Gasteiger partial charge in [-0.05, 0) is 61.1 Å². The smallest absolute Gasteiger partial charge is 0.308 e. The van der Waals surface area contributed by atoms with Gasteiger partial charge >= 0.3 is 6.03 Å². The number of pyridine rings is 1. The van der Waals surface area contributed by atoms with Crippen molar-refractivity contribution < 1.29 is 4.79 Å². The van der Waals surface area contributed by atoms with Crippen molar-refractivity contribution in [2.45, 2.75) is 38.1 Å². The van der Waals surface area contributed by atoms with Crippen LogP contribution in [0.1, 0.15) is 30.4 Å². The highest BCUT2D eigenvalue weighted by molar-refractivity contribution is 5.99. The van der Waals surface area contributed by atoms with Crippen LogP contribution in [0, 0.1) is 0 Å². The second kappa shape index (κ2) is 7.23. The van der Waals surface area contributed by atoms with Crippen LogP contribution in [0.2, 0.25) is 0 Å². The number of hydrogen-bond donors (Lipinski definition) is 2. The largest absolute Gasteiger partial charge is 0.323 e. The molecule has 2 aliphatic rings. The fourth-order valence-electron chi connectivity index (χ4n) is 3.67. The number of amides is 2.